The molecule has 2 unspecified atom stereocenters. The summed E-state index contributed by atoms with van der Waals surface area (Å²) in [5.74, 6) is -0.614. The zero-order valence-corrected chi connectivity index (χ0v) is 25.3. The van der Waals surface area contributed by atoms with Gasteiger partial charge >= 0.3 is 11.9 Å². The van der Waals surface area contributed by atoms with E-state index in [1.807, 2.05) is 0 Å². The average Bonchev–Trinajstić information content (AvgIpc) is 3.69. The summed E-state index contributed by atoms with van der Waals surface area (Å²) in [6.07, 6.45) is 28.7. The highest BCUT2D eigenvalue weighted by Gasteiger charge is 2.36. The van der Waals surface area contributed by atoms with Crippen molar-refractivity contribution in [3.05, 3.63) is 12.2 Å². The summed E-state index contributed by atoms with van der Waals surface area (Å²) in [7, 11) is 0. The number of aliphatic hydroxyl groups excluding tert-OH is 1. The van der Waals surface area contributed by atoms with Crippen molar-refractivity contribution in [3.63, 3.8) is 0 Å². The molecule has 0 spiro atoms. The fourth-order valence-corrected chi connectivity index (χ4v) is 4.85. The van der Waals surface area contributed by atoms with Crippen LogP contribution in [0.1, 0.15) is 155 Å². The molecule has 1 aliphatic heterocycles. The van der Waals surface area contributed by atoms with E-state index in [0.29, 0.717) is 25.0 Å². The maximum atomic E-state index is 12.1. The van der Waals surface area contributed by atoms with E-state index in [2.05, 4.69) is 26.0 Å². The van der Waals surface area contributed by atoms with Crippen molar-refractivity contribution in [2.45, 2.75) is 173 Å². The first-order valence-corrected chi connectivity index (χ1v) is 16.4. The summed E-state index contributed by atoms with van der Waals surface area (Å²) < 4.78 is 16.2. The van der Waals surface area contributed by atoms with Crippen molar-refractivity contribution in [3.8, 4) is 0 Å². The maximum absolute atomic E-state index is 12.1. The molecule has 6 nitrogen and oxygen atoms in total. The van der Waals surface area contributed by atoms with Gasteiger partial charge in [0, 0.05) is 12.8 Å². The normalized spacial score (nSPS) is 17.4. The minimum Gasteiger partial charge on any atom is -0.462 e. The van der Waals surface area contributed by atoms with Crippen LogP contribution in [0, 0.1) is 0 Å². The van der Waals surface area contributed by atoms with Gasteiger partial charge < -0.3 is 19.3 Å². The monoisotopic (exact) mass is 552 g/mol. The summed E-state index contributed by atoms with van der Waals surface area (Å²) >= 11 is 0. The number of ether oxygens (including phenoxy) is 3. The Morgan fingerprint density at radius 2 is 1.28 bits per heavy atom. The minimum absolute atomic E-state index is 0.0710. The second-order valence-corrected chi connectivity index (χ2v) is 11.3. The van der Waals surface area contributed by atoms with Crippen LogP contribution >= 0.6 is 0 Å². The Bertz CT molecular complexity index is 619. The highest BCUT2D eigenvalue weighted by molar-refractivity contribution is 5.70. The van der Waals surface area contributed by atoms with Crippen LogP contribution in [0.2, 0.25) is 0 Å². The van der Waals surface area contributed by atoms with Gasteiger partial charge in [0.2, 0.25) is 0 Å². The topological polar surface area (TPSA) is 85.4 Å². The van der Waals surface area contributed by atoms with Crippen molar-refractivity contribution in [1.29, 1.82) is 0 Å². The molecule has 1 N–H and O–H groups in total. The largest absolute Gasteiger partial charge is 0.462 e. The number of rotatable bonds is 28. The molecule has 228 valence electrons. The van der Waals surface area contributed by atoms with Gasteiger partial charge in [0.25, 0.3) is 0 Å². The number of epoxide rings is 1. The lowest BCUT2D eigenvalue weighted by Crippen LogP contribution is -2.28. The summed E-state index contributed by atoms with van der Waals surface area (Å²) in [6.45, 7) is 4.05. The first kappa shape index (κ1) is 35.6. The summed E-state index contributed by atoms with van der Waals surface area (Å²) in [5, 5.41) is 9.48. The molecule has 0 saturated carbocycles. The molecule has 1 rings (SSSR count). The number of allylic oxidation sites excluding steroid dienone is 1. The summed E-state index contributed by atoms with van der Waals surface area (Å²) in [6, 6.07) is 0. The summed E-state index contributed by atoms with van der Waals surface area (Å²) in [5.41, 5.74) is 0. The predicted octanol–water partition coefficient (Wildman–Crippen LogP) is 8.38. The van der Waals surface area contributed by atoms with E-state index in [0.717, 1.165) is 57.8 Å². The smallest absolute Gasteiger partial charge is 0.306 e. The van der Waals surface area contributed by atoms with Crippen LogP contribution in [0.5, 0.6) is 0 Å². The quantitative estimate of drug-likeness (QED) is 0.0454. The molecular formula is C33H60O6. The van der Waals surface area contributed by atoms with Gasteiger partial charge in [-0.3, -0.25) is 9.59 Å². The van der Waals surface area contributed by atoms with Crippen LogP contribution in [0.15, 0.2) is 12.2 Å². The van der Waals surface area contributed by atoms with Gasteiger partial charge in [-0.1, -0.05) is 116 Å². The first-order valence-electron chi connectivity index (χ1n) is 16.4. The van der Waals surface area contributed by atoms with Crippen LogP contribution in [-0.2, 0) is 23.8 Å². The number of esters is 2. The molecule has 1 fully saturated rings. The molecule has 1 saturated heterocycles. The van der Waals surface area contributed by atoms with Crippen LogP contribution in [0.4, 0.5) is 0 Å². The average molecular weight is 553 g/mol. The van der Waals surface area contributed by atoms with Gasteiger partial charge in [-0.05, 0) is 38.5 Å². The second-order valence-electron chi connectivity index (χ2n) is 11.3. The van der Waals surface area contributed by atoms with Crippen molar-refractivity contribution in [1.82, 2.24) is 0 Å². The molecule has 39 heavy (non-hydrogen) atoms. The fourth-order valence-electron chi connectivity index (χ4n) is 4.85. The number of aliphatic hydroxyl groups is 1. The van der Waals surface area contributed by atoms with E-state index in [4.69, 9.17) is 14.2 Å². The lowest BCUT2D eigenvalue weighted by atomic mass is 10.1. The maximum Gasteiger partial charge on any atom is 0.306 e. The molecule has 0 aromatic rings. The van der Waals surface area contributed by atoms with Crippen LogP contribution in [-0.4, -0.2) is 48.6 Å². The molecule has 6 heteroatoms. The number of unbranched alkanes of at least 4 members (excludes halogenated alkanes) is 15. The molecule has 0 aliphatic carbocycles. The second kappa shape index (κ2) is 25.6. The van der Waals surface area contributed by atoms with Gasteiger partial charge in [0.15, 0.2) is 6.10 Å². The van der Waals surface area contributed by atoms with Crippen LogP contribution < -0.4 is 0 Å². The third-order valence-electron chi connectivity index (χ3n) is 7.48. The van der Waals surface area contributed by atoms with E-state index in [1.165, 1.54) is 70.6 Å². The first-order chi connectivity index (χ1) is 19.1. The van der Waals surface area contributed by atoms with Crippen molar-refractivity contribution in [2.75, 3.05) is 13.2 Å². The number of carbonyl (C=O) groups excluding carboxylic acids is 2. The predicted molar refractivity (Wildman–Crippen MR) is 159 cm³/mol. The van der Waals surface area contributed by atoms with Crippen molar-refractivity contribution >= 4 is 11.9 Å². The zero-order valence-electron chi connectivity index (χ0n) is 25.3. The molecular weight excluding hydrogens is 492 g/mol. The van der Waals surface area contributed by atoms with E-state index in [-0.39, 0.29) is 25.2 Å². The summed E-state index contributed by atoms with van der Waals surface area (Å²) in [4.78, 5) is 24.0. The number of hydrogen-bond acceptors (Lipinski definition) is 6. The van der Waals surface area contributed by atoms with Crippen molar-refractivity contribution < 1.29 is 28.9 Å². The Kier molecular flexibility index (Phi) is 23.3. The van der Waals surface area contributed by atoms with E-state index in [9.17, 15) is 14.7 Å². The third-order valence-corrected chi connectivity index (χ3v) is 7.48. The molecule has 0 radical (unpaired) electrons. The Labute approximate surface area is 239 Å². The van der Waals surface area contributed by atoms with Crippen molar-refractivity contribution in [2.24, 2.45) is 0 Å². The van der Waals surface area contributed by atoms with E-state index in [1.54, 1.807) is 0 Å². The van der Waals surface area contributed by atoms with Gasteiger partial charge in [-0.25, -0.2) is 0 Å². The zero-order chi connectivity index (χ0) is 28.4. The Hall–Kier alpha value is -1.40. The standard InChI is InChI=1S/C33H60O6/c1-3-5-7-8-9-10-14-17-21-25-32(35)37-28-29(27-34)38-33(36)26-22-18-15-12-11-13-16-20-24-31-30(39-31)23-19-6-4-2/h16,20,29-31,34H,3-15,17-19,21-28H2,1-2H3/b20-16-/t29-,30?,31?/m0/s1. The minimum atomic E-state index is -0.774. The van der Waals surface area contributed by atoms with Gasteiger partial charge in [-0.2, -0.15) is 0 Å². The Morgan fingerprint density at radius 3 is 1.92 bits per heavy atom. The van der Waals surface area contributed by atoms with Crippen LogP contribution in [0.3, 0.4) is 0 Å². The Balaban J connectivity index is 1.91. The lowest BCUT2D eigenvalue weighted by molar-refractivity contribution is -0.161. The van der Waals surface area contributed by atoms with Gasteiger partial charge in [0.1, 0.15) is 6.61 Å². The van der Waals surface area contributed by atoms with Gasteiger partial charge in [0.05, 0.1) is 18.8 Å². The van der Waals surface area contributed by atoms with Gasteiger partial charge in [-0.15, -0.1) is 0 Å². The molecule has 1 aliphatic rings. The molecule has 1 heterocycles. The Morgan fingerprint density at radius 1 is 0.718 bits per heavy atom. The highest BCUT2D eigenvalue weighted by Crippen LogP contribution is 2.30. The number of carbonyl (C=O) groups is 2. The molecule has 0 amide bonds. The fraction of sp³-hybridized carbons (Fsp3) is 0.879. The van der Waals surface area contributed by atoms with E-state index < -0.39 is 6.10 Å². The molecule has 0 aromatic carbocycles. The molecule has 3 atom stereocenters. The molecule has 0 bridgehead atoms. The van der Waals surface area contributed by atoms with Crippen LogP contribution in [0.25, 0.3) is 0 Å². The molecule has 0 aromatic heterocycles. The highest BCUT2D eigenvalue weighted by atomic mass is 16.6. The lowest BCUT2D eigenvalue weighted by Gasteiger charge is -2.15. The number of hydrogen-bond donors (Lipinski definition) is 1. The van der Waals surface area contributed by atoms with E-state index >= 15 is 0 Å². The SMILES string of the molecule is CCCCCCCCCCCC(=O)OC[C@H](CO)OC(=O)CCCCCCC/C=C\CC1OC1CCCCC. The third kappa shape index (κ3) is 22.0.